The summed E-state index contributed by atoms with van der Waals surface area (Å²) in [5.74, 6) is 0.179. The van der Waals surface area contributed by atoms with Gasteiger partial charge in [0.25, 0.3) is 11.8 Å². The first-order chi connectivity index (χ1) is 14.0. The minimum Gasteiger partial charge on any atom is -0.483 e. The van der Waals surface area contributed by atoms with Crippen molar-refractivity contribution in [1.29, 1.82) is 0 Å². The summed E-state index contributed by atoms with van der Waals surface area (Å²) in [6.45, 7) is 2.27. The van der Waals surface area contributed by atoms with Gasteiger partial charge in [0.1, 0.15) is 5.75 Å². The van der Waals surface area contributed by atoms with Gasteiger partial charge in [-0.25, -0.2) is 0 Å². The van der Waals surface area contributed by atoms with Crippen LogP contribution < -0.4 is 10.1 Å². The summed E-state index contributed by atoms with van der Waals surface area (Å²) in [6, 6.07) is 24.3. The summed E-state index contributed by atoms with van der Waals surface area (Å²) in [7, 11) is 1.75. The van der Waals surface area contributed by atoms with Crippen LogP contribution >= 0.6 is 0 Å². The lowest BCUT2D eigenvalue weighted by molar-refractivity contribution is -0.118. The highest BCUT2D eigenvalue weighted by Gasteiger charge is 2.17. The molecule has 5 heteroatoms. The Labute approximate surface area is 170 Å². The van der Waals surface area contributed by atoms with Gasteiger partial charge in [-0.1, -0.05) is 60.7 Å². The molecular weight excluding hydrogens is 364 g/mol. The molecule has 3 rings (SSSR count). The average molecular weight is 388 g/mol. The van der Waals surface area contributed by atoms with Gasteiger partial charge in [0.15, 0.2) is 6.61 Å². The summed E-state index contributed by atoms with van der Waals surface area (Å²) in [5.41, 5.74) is 2.90. The van der Waals surface area contributed by atoms with Crippen molar-refractivity contribution in [3.05, 3.63) is 95.6 Å². The second-order valence-electron chi connectivity index (χ2n) is 6.79. The van der Waals surface area contributed by atoms with E-state index in [0.717, 1.165) is 11.1 Å². The number of carbonyl (C=O) groups is 2. The molecule has 1 N–H and O–H groups in total. The van der Waals surface area contributed by atoms with Gasteiger partial charge in [0.2, 0.25) is 0 Å². The molecule has 29 heavy (non-hydrogen) atoms. The van der Waals surface area contributed by atoms with E-state index in [2.05, 4.69) is 5.32 Å². The van der Waals surface area contributed by atoms with Crippen molar-refractivity contribution in [2.75, 3.05) is 19.0 Å². The van der Waals surface area contributed by atoms with Crippen molar-refractivity contribution in [2.45, 2.75) is 13.5 Å². The predicted molar refractivity (Wildman–Crippen MR) is 114 cm³/mol. The third-order valence-corrected chi connectivity index (χ3v) is 4.49. The zero-order chi connectivity index (χ0) is 20.6. The summed E-state index contributed by atoms with van der Waals surface area (Å²) in [4.78, 5) is 26.9. The lowest BCUT2D eigenvalue weighted by atomic mass is 10.1. The van der Waals surface area contributed by atoms with Crippen molar-refractivity contribution in [3.63, 3.8) is 0 Å². The van der Waals surface area contributed by atoms with Gasteiger partial charge in [-0.3, -0.25) is 9.59 Å². The van der Waals surface area contributed by atoms with Crippen LogP contribution in [0.4, 0.5) is 5.69 Å². The van der Waals surface area contributed by atoms with E-state index in [9.17, 15) is 9.59 Å². The second-order valence-corrected chi connectivity index (χ2v) is 6.79. The summed E-state index contributed by atoms with van der Waals surface area (Å²) >= 11 is 0. The Morgan fingerprint density at radius 1 is 0.897 bits per heavy atom. The topological polar surface area (TPSA) is 58.6 Å². The van der Waals surface area contributed by atoms with Gasteiger partial charge in [-0.15, -0.1) is 0 Å². The molecule has 2 amide bonds. The largest absolute Gasteiger partial charge is 0.483 e. The van der Waals surface area contributed by atoms with Crippen LogP contribution in [0.15, 0.2) is 78.9 Å². The lowest BCUT2D eigenvalue weighted by Gasteiger charge is -2.19. The first-order valence-electron chi connectivity index (χ1n) is 9.41. The van der Waals surface area contributed by atoms with Gasteiger partial charge < -0.3 is 15.0 Å². The number of hydrogen-bond donors (Lipinski definition) is 1. The number of aryl methyl sites for hydroxylation is 1. The van der Waals surface area contributed by atoms with Crippen LogP contribution in [0.1, 0.15) is 21.5 Å². The minimum atomic E-state index is -0.320. The Kier molecular flexibility index (Phi) is 6.63. The number of amides is 2. The Morgan fingerprint density at radius 3 is 2.31 bits per heavy atom. The maximum absolute atomic E-state index is 12.9. The number of rotatable bonds is 7. The van der Waals surface area contributed by atoms with E-state index in [1.165, 1.54) is 0 Å². The minimum absolute atomic E-state index is 0.132. The molecule has 0 spiro atoms. The van der Waals surface area contributed by atoms with Crippen molar-refractivity contribution in [2.24, 2.45) is 0 Å². The molecule has 5 nitrogen and oxygen atoms in total. The molecule has 0 aliphatic heterocycles. The van der Waals surface area contributed by atoms with Gasteiger partial charge in [-0.05, 0) is 36.2 Å². The van der Waals surface area contributed by atoms with Crippen molar-refractivity contribution < 1.29 is 14.3 Å². The van der Waals surface area contributed by atoms with Crippen LogP contribution in [0.25, 0.3) is 0 Å². The number of ether oxygens (including phenoxy) is 1. The molecule has 0 atom stereocenters. The Balaban J connectivity index is 1.65. The highest BCUT2D eigenvalue weighted by atomic mass is 16.5. The highest BCUT2D eigenvalue weighted by Crippen LogP contribution is 2.19. The SMILES string of the molecule is Cc1ccccc1OCC(=O)Nc1ccccc1C(=O)N(C)Cc1ccccc1. The number of benzene rings is 3. The van der Waals surface area contributed by atoms with Crippen molar-refractivity contribution >= 4 is 17.5 Å². The lowest BCUT2D eigenvalue weighted by Crippen LogP contribution is -2.28. The maximum Gasteiger partial charge on any atom is 0.262 e. The van der Waals surface area contributed by atoms with Gasteiger partial charge in [0.05, 0.1) is 11.3 Å². The average Bonchev–Trinajstić information content (AvgIpc) is 2.74. The van der Waals surface area contributed by atoms with Crippen molar-refractivity contribution in [1.82, 2.24) is 4.90 Å². The molecule has 0 aliphatic carbocycles. The van der Waals surface area contributed by atoms with Crippen LogP contribution in [0.5, 0.6) is 5.75 Å². The van der Waals surface area contributed by atoms with Crippen LogP contribution in [-0.2, 0) is 11.3 Å². The maximum atomic E-state index is 12.9. The first-order valence-corrected chi connectivity index (χ1v) is 9.41. The van der Waals surface area contributed by atoms with Gasteiger partial charge >= 0.3 is 0 Å². The van der Waals surface area contributed by atoms with E-state index in [1.807, 2.05) is 61.5 Å². The van der Waals surface area contributed by atoms with E-state index < -0.39 is 0 Å². The number of hydrogen-bond acceptors (Lipinski definition) is 3. The molecule has 0 fully saturated rings. The zero-order valence-electron chi connectivity index (χ0n) is 16.6. The second kappa shape index (κ2) is 9.55. The van der Waals surface area contributed by atoms with Crippen LogP contribution in [0, 0.1) is 6.92 Å². The number of anilines is 1. The molecule has 0 aliphatic rings. The smallest absolute Gasteiger partial charge is 0.262 e. The van der Waals surface area contributed by atoms with E-state index in [0.29, 0.717) is 23.5 Å². The monoisotopic (exact) mass is 388 g/mol. The normalized spacial score (nSPS) is 10.3. The molecule has 3 aromatic rings. The molecule has 0 aromatic heterocycles. The van der Waals surface area contributed by atoms with Crippen molar-refractivity contribution in [3.8, 4) is 5.75 Å². The summed E-state index contributed by atoms with van der Waals surface area (Å²) < 4.78 is 5.59. The number of nitrogens with one attached hydrogen (secondary N) is 1. The van der Waals surface area contributed by atoms with E-state index in [1.54, 1.807) is 36.2 Å². The molecule has 0 saturated carbocycles. The standard InChI is InChI=1S/C24H24N2O3/c1-18-10-6-9-15-22(18)29-17-23(27)25-21-14-8-7-13-20(21)24(28)26(2)16-19-11-4-3-5-12-19/h3-15H,16-17H2,1-2H3,(H,25,27). The summed E-state index contributed by atoms with van der Waals surface area (Å²) in [6.07, 6.45) is 0. The number of nitrogens with zero attached hydrogens (tertiary/aromatic N) is 1. The molecule has 0 radical (unpaired) electrons. The Morgan fingerprint density at radius 2 is 1.55 bits per heavy atom. The third kappa shape index (κ3) is 5.45. The quantitative estimate of drug-likeness (QED) is 0.657. The number of para-hydroxylation sites is 2. The first kappa shape index (κ1) is 20.1. The van der Waals surface area contributed by atoms with Crippen LogP contribution in [0.2, 0.25) is 0 Å². The molecule has 0 heterocycles. The Bertz CT molecular complexity index is 986. The fourth-order valence-electron chi connectivity index (χ4n) is 2.96. The molecule has 0 bridgehead atoms. The fraction of sp³-hybridized carbons (Fsp3) is 0.167. The van der Waals surface area contributed by atoms with Gasteiger partial charge in [0, 0.05) is 13.6 Å². The van der Waals surface area contributed by atoms with E-state index in [4.69, 9.17) is 4.74 Å². The predicted octanol–water partition coefficient (Wildman–Crippen LogP) is 4.28. The molecule has 3 aromatic carbocycles. The van der Waals surface area contributed by atoms with Crippen LogP contribution in [0.3, 0.4) is 0 Å². The van der Waals surface area contributed by atoms with E-state index >= 15 is 0 Å². The summed E-state index contributed by atoms with van der Waals surface area (Å²) in [5, 5.41) is 2.79. The fourth-order valence-corrected chi connectivity index (χ4v) is 2.96. The molecule has 0 saturated heterocycles. The van der Waals surface area contributed by atoms with E-state index in [-0.39, 0.29) is 18.4 Å². The van der Waals surface area contributed by atoms with Gasteiger partial charge in [-0.2, -0.15) is 0 Å². The molecule has 0 unspecified atom stereocenters. The number of carbonyl (C=O) groups excluding carboxylic acids is 2. The molecular formula is C24H24N2O3. The molecule has 148 valence electrons. The zero-order valence-corrected chi connectivity index (χ0v) is 16.6. The highest BCUT2D eigenvalue weighted by molar-refractivity contribution is 6.03. The third-order valence-electron chi connectivity index (χ3n) is 4.49. The Hall–Kier alpha value is -3.60. The van der Waals surface area contributed by atoms with Crippen LogP contribution in [-0.4, -0.2) is 30.4 Å².